The highest BCUT2D eigenvalue weighted by atomic mass is 35.5. The Kier molecular flexibility index (Phi) is 6.51. The average molecular weight is 385 g/mol. The number of hydrogen-bond donors (Lipinski definition) is 1. The first-order chi connectivity index (χ1) is 13.0. The molecule has 3 rings (SSSR count). The zero-order chi connectivity index (χ0) is 19.2. The Bertz CT molecular complexity index is 804. The lowest BCUT2D eigenvalue weighted by Gasteiger charge is -2.25. The number of aryl methyl sites for hydroxylation is 1. The fraction of sp³-hybridized carbons (Fsp3) is 0.364. The second kappa shape index (κ2) is 9.05. The quantitative estimate of drug-likeness (QED) is 0.711. The van der Waals surface area contributed by atoms with Gasteiger partial charge in [0.05, 0.1) is 6.04 Å². The van der Waals surface area contributed by atoms with Crippen LogP contribution in [0.5, 0.6) is 0 Å². The van der Waals surface area contributed by atoms with Gasteiger partial charge in [0.15, 0.2) is 0 Å². The molecule has 1 heterocycles. The van der Waals surface area contributed by atoms with Crippen molar-refractivity contribution >= 4 is 29.0 Å². The van der Waals surface area contributed by atoms with Gasteiger partial charge in [0.2, 0.25) is 5.91 Å². The van der Waals surface area contributed by atoms with Crippen LogP contribution in [0.4, 0.5) is 5.69 Å². The molecule has 1 unspecified atom stereocenters. The van der Waals surface area contributed by atoms with Crippen molar-refractivity contribution in [3.8, 4) is 0 Å². The second-order valence-corrected chi connectivity index (χ2v) is 7.45. The first-order valence-electron chi connectivity index (χ1n) is 9.44. The van der Waals surface area contributed by atoms with Crippen molar-refractivity contribution in [1.82, 2.24) is 4.90 Å². The van der Waals surface area contributed by atoms with Crippen LogP contribution >= 0.6 is 11.6 Å². The van der Waals surface area contributed by atoms with Gasteiger partial charge in [-0.15, -0.1) is 0 Å². The second-order valence-electron chi connectivity index (χ2n) is 7.05. The van der Waals surface area contributed by atoms with Gasteiger partial charge in [0.1, 0.15) is 5.78 Å². The van der Waals surface area contributed by atoms with Crippen molar-refractivity contribution in [3.05, 3.63) is 64.7 Å². The van der Waals surface area contributed by atoms with Gasteiger partial charge in [0, 0.05) is 36.5 Å². The number of anilines is 1. The molecular weight excluding hydrogens is 360 g/mol. The van der Waals surface area contributed by atoms with Crippen LogP contribution in [0, 0.1) is 0 Å². The lowest BCUT2D eigenvalue weighted by atomic mass is 10.0. The lowest BCUT2D eigenvalue weighted by molar-refractivity contribution is -0.134. The maximum absolute atomic E-state index is 12.7. The van der Waals surface area contributed by atoms with E-state index in [-0.39, 0.29) is 24.2 Å². The molecule has 1 atom stereocenters. The summed E-state index contributed by atoms with van der Waals surface area (Å²) in [4.78, 5) is 26.7. The fourth-order valence-corrected chi connectivity index (χ4v) is 3.88. The third kappa shape index (κ3) is 5.10. The highest BCUT2D eigenvalue weighted by molar-refractivity contribution is 6.31. The van der Waals surface area contributed by atoms with Gasteiger partial charge in [-0.25, -0.2) is 0 Å². The minimum atomic E-state index is 0.0241. The number of likely N-dealkylation sites (tertiary alicyclic amines) is 1. The zero-order valence-electron chi connectivity index (χ0n) is 15.4. The first-order valence-corrected chi connectivity index (χ1v) is 9.82. The molecule has 1 saturated heterocycles. The summed E-state index contributed by atoms with van der Waals surface area (Å²) in [6.07, 6.45) is 3.57. The van der Waals surface area contributed by atoms with Gasteiger partial charge >= 0.3 is 0 Å². The molecule has 27 heavy (non-hydrogen) atoms. The van der Waals surface area contributed by atoms with Crippen molar-refractivity contribution in [3.63, 3.8) is 0 Å². The first kappa shape index (κ1) is 19.4. The maximum atomic E-state index is 12.7. The molecule has 0 aliphatic carbocycles. The van der Waals surface area contributed by atoms with E-state index >= 15 is 0 Å². The lowest BCUT2D eigenvalue weighted by Crippen LogP contribution is -2.30. The number of carbonyl (C=O) groups excluding carboxylic acids is 2. The van der Waals surface area contributed by atoms with Gasteiger partial charge in [-0.3, -0.25) is 9.59 Å². The largest absolute Gasteiger partial charge is 0.399 e. The maximum Gasteiger partial charge on any atom is 0.223 e. The summed E-state index contributed by atoms with van der Waals surface area (Å²) in [6, 6.07) is 15.3. The van der Waals surface area contributed by atoms with E-state index in [0.29, 0.717) is 24.3 Å². The summed E-state index contributed by atoms with van der Waals surface area (Å²) in [5.74, 6) is 0.159. The molecular formula is C22H25ClN2O2. The molecule has 5 heteroatoms. The van der Waals surface area contributed by atoms with Gasteiger partial charge in [-0.2, -0.15) is 0 Å². The standard InChI is InChI=1S/C22H25ClN2O2/c23-20-5-2-1-4-19(20)21-6-3-15-25(21)22(27)14-13-18(26)12-9-16-7-10-17(24)11-8-16/h1-2,4-5,7-8,10-11,21H,3,6,9,12-15,24H2. The fourth-order valence-electron chi connectivity index (χ4n) is 3.62. The molecule has 1 aliphatic rings. The zero-order valence-corrected chi connectivity index (χ0v) is 16.1. The molecule has 1 aliphatic heterocycles. The summed E-state index contributed by atoms with van der Waals surface area (Å²) in [6.45, 7) is 0.731. The van der Waals surface area contributed by atoms with Crippen molar-refractivity contribution in [2.24, 2.45) is 0 Å². The Labute approximate surface area is 165 Å². The number of nitrogens with zero attached hydrogens (tertiary/aromatic N) is 1. The number of ketones is 1. The Morgan fingerprint density at radius 1 is 1.04 bits per heavy atom. The SMILES string of the molecule is Nc1ccc(CCC(=O)CCC(=O)N2CCCC2c2ccccc2Cl)cc1. The Hall–Kier alpha value is -2.33. The Morgan fingerprint density at radius 2 is 1.78 bits per heavy atom. The number of nitrogen functional groups attached to an aromatic ring is 1. The van der Waals surface area contributed by atoms with E-state index in [1.54, 1.807) is 0 Å². The third-order valence-corrected chi connectivity index (χ3v) is 5.47. The molecule has 2 aromatic carbocycles. The van der Waals surface area contributed by atoms with Gasteiger partial charge < -0.3 is 10.6 Å². The van der Waals surface area contributed by atoms with Crippen LogP contribution in [0.25, 0.3) is 0 Å². The average Bonchev–Trinajstić information content (AvgIpc) is 3.15. The topological polar surface area (TPSA) is 63.4 Å². The van der Waals surface area contributed by atoms with E-state index in [0.717, 1.165) is 36.2 Å². The van der Waals surface area contributed by atoms with E-state index in [9.17, 15) is 9.59 Å². The minimum absolute atomic E-state index is 0.0241. The third-order valence-electron chi connectivity index (χ3n) is 5.13. The number of benzene rings is 2. The number of hydrogen-bond acceptors (Lipinski definition) is 3. The van der Waals surface area contributed by atoms with E-state index in [1.807, 2.05) is 53.4 Å². The van der Waals surface area contributed by atoms with Crippen molar-refractivity contribution in [2.75, 3.05) is 12.3 Å². The number of carbonyl (C=O) groups is 2. The Balaban J connectivity index is 1.50. The highest BCUT2D eigenvalue weighted by Crippen LogP contribution is 2.36. The number of amides is 1. The molecule has 2 aromatic rings. The van der Waals surface area contributed by atoms with Crippen LogP contribution < -0.4 is 5.73 Å². The summed E-state index contributed by atoms with van der Waals surface area (Å²) >= 11 is 6.31. The van der Waals surface area contributed by atoms with E-state index in [4.69, 9.17) is 17.3 Å². The van der Waals surface area contributed by atoms with Gasteiger partial charge in [-0.1, -0.05) is 41.9 Å². The summed E-state index contributed by atoms with van der Waals surface area (Å²) in [5, 5.41) is 0.696. The molecule has 2 N–H and O–H groups in total. The van der Waals surface area contributed by atoms with Crippen LogP contribution in [-0.4, -0.2) is 23.1 Å². The summed E-state index contributed by atoms with van der Waals surface area (Å²) in [7, 11) is 0. The summed E-state index contributed by atoms with van der Waals surface area (Å²) < 4.78 is 0. The molecule has 4 nitrogen and oxygen atoms in total. The summed E-state index contributed by atoms with van der Waals surface area (Å²) in [5.41, 5.74) is 8.47. The predicted octanol–water partition coefficient (Wildman–Crippen LogP) is 4.57. The smallest absolute Gasteiger partial charge is 0.223 e. The highest BCUT2D eigenvalue weighted by Gasteiger charge is 2.30. The van der Waals surface area contributed by atoms with Crippen LogP contribution in [0.3, 0.4) is 0 Å². The van der Waals surface area contributed by atoms with E-state index in [2.05, 4.69) is 0 Å². The molecule has 0 saturated carbocycles. The van der Waals surface area contributed by atoms with E-state index in [1.165, 1.54) is 0 Å². The molecule has 0 aromatic heterocycles. The van der Waals surface area contributed by atoms with Gasteiger partial charge in [-0.05, 0) is 48.6 Å². The van der Waals surface area contributed by atoms with Crippen LogP contribution in [0.1, 0.15) is 49.3 Å². The molecule has 0 spiro atoms. The number of nitrogens with two attached hydrogens (primary N) is 1. The van der Waals surface area contributed by atoms with Crippen LogP contribution in [0.2, 0.25) is 5.02 Å². The molecule has 142 valence electrons. The minimum Gasteiger partial charge on any atom is -0.399 e. The molecule has 0 bridgehead atoms. The number of halogens is 1. The number of Topliss-reactive ketones (excluding diaryl/α,β-unsaturated/α-hetero) is 1. The van der Waals surface area contributed by atoms with Crippen LogP contribution in [0.15, 0.2) is 48.5 Å². The van der Waals surface area contributed by atoms with Gasteiger partial charge in [0.25, 0.3) is 0 Å². The van der Waals surface area contributed by atoms with Crippen molar-refractivity contribution < 1.29 is 9.59 Å². The monoisotopic (exact) mass is 384 g/mol. The molecule has 1 fully saturated rings. The van der Waals surface area contributed by atoms with Crippen molar-refractivity contribution in [2.45, 2.75) is 44.6 Å². The predicted molar refractivity (Wildman–Crippen MR) is 109 cm³/mol. The molecule has 1 amide bonds. The Morgan fingerprint density at radius 3 is 2.52 bits per heavy atom. The van der Waals surface area contributed by atoms with Crippen LogP contribution in [-0.2, 0) is 16.0 Å². The normalized spacial score (nSPS) is 16.5. The number of rotatable bonds is 7. The van der Waals surface area contributed by atoms with Crippen molar-refractivity contribution in [1.29, 1.82) is 0 Å². The van der Waals surface area contributed by atoms with E-state index < -0.39 is 0 Å². The molecule has 0 radical (unpaired) electrons.